The highest BCUT2D eigenvalue weighted by Crippen LogP contribution is 2.14. The summed E-state index contributed by atoms with van der Waals surface area (Å²) in [6, 6.07) is 0. The van der Waals surface area contributed by atoms with Crippen LogP contribution in [0.25, 0.3) is 0 Å². The molecule has 0 bridgehead atoms. The highest BCUT2D eigenvalue weighted by Gasteiger charge is 2.22. The molecule has 0 aromatic rings. The minimum Gasteiger partial charge on any atom is -0.373 e. The molecule has 1 rings (SSSR count). The van der Waals surface area contributed by atoms with Crippen LogP contribution < -0.4 is 0 Å². The van der Waals surface area contributed by atoms with Crippen LogP contribution in [-0.4, -0.2) is 26.9 Å². The second kappa shape index (κ2) is 4.94. The predicted molar refractivity (Wildman–Crippen MR) is 56.7 cm³/mol. The van der Waals surface area contributed by atoms with Crippen LogP contribution in [-0.2, 0) is 14.6 Å². The van der Waals surface area contributed by atoms with E-state index in [1.54, 1.807) is 6.08 Å². The van der Waals surface area contributed by atoms with Gasteiger partial charge in [-0.1, -0.05) is 20.3 Å². The Hall–Kier alpha value is -0.350. The minimum absolute atomic E-state index is 0.117. The normalized spacial score (nSPS) is 26.6. The van der Waals surface area contributed by atoms with Crippen LogP contribution >= 0.6 is 0 Å². The average molecular weight is 218 g/mol. The van der Waals surface area contributed by atoms with Gasteiger partial charge in [0.1, 0.15) is 0 Å². The van der Waals surface area contributed by atoms with E-state index >= 15 is 0 Å². The Kier molecular flexibility index (Phi) is 4.13. The number of sulfone groups is 1. The van der Waals surface area contributed by atoms with Crippen molar-refractivity contribution < 1.29 is 13.2 Å². The molecule has 1 aliphatic heterocycles. The van der Waals surface area contributed by atoms with Crippen molar-refractivity contribution in [2.24, 2.45) is 5.92 Å². The zero-order chi connectivity index (χ0) is 10.6. The van der Waals surface area contributed by atoms with Gasteiger partial charge in [0.05, 0.1) is 11.9 Å². The molecule has 2 atom stereocenters. The molecule has 1 aliphatic rings. The zero-order valence-corrected chi connectivity index (χ0v) is 9.59. The molecule has 0 aromatic heterocycles. The van der Waals surface area contributed by atoms with Crippen molar-refractivity contribution in [2.75, 3.05) is 12.4 Å². The van der Waals surface area contributed by atoms with Crippen molar-refractivity contribution in [1.29, 1.82) is 0 Å². The summed E-state index contributed by atoms with van der Waals surface area (Å²) in [5, 5.41) is 1.25. The molecule has 14 heavy (non-hydrogen) atoms. The van der Waals surface area contributed by atoms with Crippen molar-refractivity contribution in [1.82, 2.24) is 0 Å². The standard InChI is InChI=1S/C10H18O3S/c1-3-4-9(2)7-13-10-5-6-14(11,12)8-10/h5-6,9-10H,3-4,7-8H2,1-2H3. The van der Waals surface area contributed by atoms with Crippen molar-refractivity contribution in [3.05, 3.63) is 11.5 Å². The summed E-state index contributed by atoms with van der Waals surface area (Å²) < 4.78 is 27.6. The van der Waals surface area contributed by atoms with Gasteiger partial charge in [-0.25, -0.2) is 8.42 Å². The molecular weight excluding hydrogens is 200 g/mol. The van der Waals surface area contributed by atoms with Gasteiger partial charge in [0.2, 0.25) is 0 Å². The fourth-order valence-electron chi connectivity index (χ4n) is 1.52. The fourth-order valence-corrected chi connectivity index (χ4v) is 2.71. The first-order valence-corrected chi connectivity index (χ1v) is 6.77. The van der Waals surface area contributed by atoms with Crippen molar-refractivity contribution in [3.63, 3.8) is 0 Å². The molecule has 0 aromatic carbocycles. The van der Waals surface area contributed by atoms with Crippen LogP contribution in [0.15, 0.2) is 11.5 Å². The second-order valence-electron chi connectivity index (χ2n) is 3.92. The number of hydrogen-bond donors (Lipinski definition) is 0. The van der Waals surface area contributed by atoms with Gasteiger partial charge in [-0.3, -0.25) is 0 Å². The summed E-state index contributed by atoms with van der Waals surface area (Å²) in [5.41, 5.74) is 0. The fraction of sp³-hybridized carbons (Fsp3) is 0.800. The van der Waals surface area contributed by atoms with Gasteiger partial charge in [0.25, 0.3) is 0 Å². The lowest BCUT2D eigenvalue weighted by atomic mass is 10.1. The van der Waals surface area contributed by atoms with Crippen molar-refractivity contribution in [2.45, 2.75) is 32.8 Å². The van der Waals surface area contributed by atoms with E-state index in [4.69, 9.17) is 4.74 Å². The Morgan fingerprint density at radius 3 is 2.79 bits per heavy atom. The molecule has 3 nitrogen and oxygen atoms in total. The Bertz CT molecular complexity index is 292. The molecule has 1 heterocycles. The van der Waals surface area contributed by atoms with E-state index in [-0.39, 0.29) is 11.9 Å². The van der Waals surface area contributed by atoms with Crippen LogP contribution in [0, 0.1) is 5.92 Å². The van der Waals surface area contributed by atoms with Crippen molar-refractivity contribution in [3.8, 4) is 0 Å². The van der Waals surface area contributed by atoms with Gasteiger partial charge < -0.3 is 4.74 Å². The molecule has 82 valence electrons. The predicted octanol–water partition coefficient (Wildman–Crippen LogP) is 1.75. The highest BCUT2D eigenvalue weighted by atomic mass is 32.2. The van der Waals surface area contributed by atoms with Gasteiger partial charge in [0.15, 0.2) is 9.84 Å². The Balaban J connectivity index is 2.25. The lowest BCUT2D eigenvalue weighted by Crippen LogP contribution is -2.18. The molecule has 0 N–H and O–H groups in total. The van der Waals surface area contributed by atoms with E-state index in [1.807, 2.05) is 0 Å². The van der Waals surface area contributed by atoms with Gasteiger partial charge in [-0.2, -0.15) is 0 Å². The molecule has 0 radical (unpaired) electrons. The summed E-state index contributed by atoms with van der Waals surface area (Å²) in [6.45, 7) is 4.91. The maximum atomic E-state index is 11.0. The summed E-state index contributed by atoms with van der Waals surface area (Å²) in [4.78, 5) is 0. The first-order chi connectivity index (χ1) is 6.53. The van der Waals surface area contributed by atoms with Gasteiger partial charge in [-0.05, 0) is 18.4 Å². The molecule has 4 heteroatoms. The van der Waals surface area contributed by atoms with Gasteiger partial charge in [0, 0.05) is 12.0 Å². The lowest BCUT2D eigenvalue weighted by molar-refractivity contribution is 0.0726. The van der Waals surface area contributed by atoms with Crippen molar-refractivity contribution >= 4 is 9.84 Å². The maximum absolute atomic E-state index is 11.0. The molecule has 0 fully saturated rings. The molecule has 0 saturated heterocycles. The van der Waals surface area contributed by atoms with Gasteiger partial charge >= 0.3 is 0 Å². The van der Waals surface area contributed by atoms with E-state index in [9.17, 15) is 8.42 Å². The Morgan fingerprint density at radius 2 is 2.29 bits per heavy atom. The Labute approximate surface area is 86.1 Å². The lowest BCUT2D eigenvalue weighted by Gasteiger charge is -2.13. The molecule has 0 saturated carbocycles. The summed E-state index contributed by atoms with van der Waals surface area (Å²) in [6.07, 6.45) is 3.68. The van der Waals surface area contributed by atoms with Crippen LogP contribution in [0.1, 0.15) is 26.7 Å². The smallest absolute Gasteiger partial charge is 0.174 e. The molecular formula is C10H18O3S. The summed E-state index contributed by atoms with van der Waals surface area (Å²) in [5.74, 6) is 0.628. The molecule has 0 spiro atoms. The maximum Gasteiger partial charge on any atom is 0.174 e. The van der Waals surface area contributed by atoms with E-state index in [1.165, 1.54) is 5.41 Å². The molecule has 0 amide bonds. The topological polar surface area (TPSA) is 43.4 Å². The van der Waals surface area contributed by atoms with E-state index in [0.29, 0.717) is 12.5 Å². The number of rotatable bonds is 5. The van der Waals surface area contributed by atoms with Crippen LogP contribution in [0.4, 0.5) is 0 Å². The number of hydrogen-bond acceptors (Lipinski definition) is 3. The first-order valence-electron chi connectivity index (χ1n) is 5.06. The third kappa shape index (κ3) is 3.80. The van der Waals surface area contributed by atoms with Crippen LogP contribution in [0.5, 0.6) is 0 Å². The third-order valence-electron chi connectivity index (χ3n) is 2.27. The first kappa shape index (κ1) is 11.7. The quantitative estimate of drug-likeness (QED) is 0.706. The van der Waals surface area contributed by atoms with E-state index in [0.717, 1.165) is 12.8 Å². The zero-order valence-electron chi connectivity index (χ0n) is 8.77. The molecule has 0 aliphatic carbocycles. The second-order valence-corrected chi connectivity index (χ2v) is 5.85. The van der Waals surface area contributed by atoms with E-state index in [2.05, 4.69) is 13.8 Å². The SMILES string of the molecule is CCCC(C)COC1C=CS(=O)(=O)C1. The van der Waals surface area contributed by atoms with Crippen LogP contribution in [0.3, 0.4) is 0 Å². The molecule has 2 unspecified atom stereocenters. The third-order valence-corrected chi connectivity index (χ3v) is 3.64. The van der Waals surface area contributed by atoms with Gasteiger partial charge in [-0.15, -0.1) is 0 Å². The minimum atomic E-state index is -2.96. The number of ether oxygens (including phenoxy) is 1. The summed E-state index contributed by atoms with van der Waals surface area (Å²) >= 11 is 0. The monoisotopic (exact) mass is 218 g/mol. The largest absolute Gasteiger partial charge is 0.373 e. The highest BCUT2D eigenvalue weighted by molar-refractivity contribution is 7.94. The summed E-state index contributed by atoms with van der Waals surface area (Å²) in [7, 11) is -2.96. The Morgan fingerprint density at radius 1 is 1.57 bits per heavy atom. The average Bonchev–Trinajstić information content (AvgIpc) is 2.43. The van der Waals surface area contributed by atoms with E-state index < -0.39 is 9.84 Å². The van der Waals surface area contributed by atoms with Crippen LogP contribution in [0.2, 0.25) is 0 Å².